The Balaban J connectivity index is 0.00000280. The molecule has 2 aromatic rings. The first-order chi connectivity index (χ1) is 13.2. The molecule has 0 bridgehead atoms. The van der Waals surface area contributed by atoms with Gasteiger partial charge in [0.05, 0.1) is 5.00 Å². The van der Waals surface area contributed by atoms with Gasteiger partial charge in [0, 0.05) is 39.3 Å². The van der Waals surface area contributed by atoms with Gasteiger partial charge in [-0.15, -0.1) is 35.3 Å². The van der Waals surface area contributed by atoms with Crippen molar-refractivity contribution < 1.29 is 9.26 Å². The average molecular weight is 520 g/mol. The lowest BCUT2D eigenvalue weighted by Crippen LogP contribution is -2.52. The lowest BCUT2D eigenvalue weighted by Gasteiger charge is -2.37. The van der Waals surface area contributed by atoms with Crippen molar-refractivity contribution in [3.8, 4) is 0 Å². The zero-order valence-corrected chi connectivity index (χ0v) is 19.8. The fourth-order valence-corrected chi connectivity index (χ4v) is 3.76. The van der Waals surface area contributed by atoms with E-state index in [-0.39, 0.29) is 30.1 Å². The summed E-state index contributed by atoms with van der Waals surface area (Å²) in [5.41, 5.74) is 0. The number of hydrogen-bond donors (Lipinski definition) is 1. The molecule has 3 rings (SSSR count). The molecule has 156 valence electrons. The fraction of sp³-hybridized carbons (Fsp3) is 0.611. The molecule has 3 heterocycles. The molecule has 8 nitrogen and oxygen atoms in total. The van der Waals surface area contributed by atoms with Gasteiger partial charge >= 0.3 is 0 Å². The van der Waals surface area contributed by atoms with Crippen LogP contribution in [0.5, 0.6) is 0 Å². The van der Waals surface area contributed by atoms with E-state index in [0.717, 1.165) is 38.7 Å². The third-order valence-electron chi connectivity index (χ3n) is 4.36. The molecule has 0 aliphatic carbocycles. The first-order valence-corrected chi connectivity index (χ1v) is 10.3. The summed E-state index contributed by atoms with van der Waals surface area (Å²) >= 11 is 1.79. The molecule has 1 fully saturated rings. The smallest absolute Gasteiger partial charge is 0.248 e. The highest BCUT2D eigenvalue weighted by Gasteiger charge is 2.20. The maximum atomic E-state index is 5.50. The SMILES string of the molecule is CCNC(=NCc1nc(C(C)OCC)no1)N1CCN(c2cccs2)CC1.I. The number of rotatable bonds is 7. The molecule has 0 aromatic carbocycles. The van der Waals surface area contributed by atoms with Crippen LogP contribution in [0.25, 0.3) is 0 Å². The van der Waals surface area contributed by atoms with E-state index >= 15 is 0 Å². The van der Waals surface area contributed by atoms with E-state index in [0.29, 0.717) is 24.9 Å². The van der Waals surface area contributed by atoms with E-state index in [1.54, 1.807) is 11.3 Å². The van der Waals surface area contributed by atoms with Crippen LogP contribution < -0.4 is 10.2 Å². The Morgan fingerprint density at radius 2 is 2.14 bits per heavy atom. The van der Waals surface area contributed by atoms with Crippen LogP contribution in [-0.2, 0) is 11.3 Å². The van der Waals surface area contributed by atoms with Gasteiger partial charge in [-0.05, 0) is 38.3 Å². The third-order valence-corrected chi connectivity index (χ3v) is 5.29. The number of hydrogen-bond acceptors (Lipinski definition) is 7. The maximum absolute atomic E-state index is 5.50. The van der Waals surface area contributed by atoms with E-state index < -0.39 is 0 Å². The zero-order valence-electron chi connectivity index (χ0n) is 16.6. The van der Waals surface area contributed by atoms with E-state index in [1.165, 1.54) is 5.00 Å². The number of aliphatic imine (C=N–C) groups is 1. The van der Waals surface area contributed by atoms with Gasteiger partial charge in [-0.1, -0.05) is 5.16 Å². The quantitative estimate of drug-likeness (QED) is 0.342. The van der Waals surface area contributed by atoms with Gasteiger partial charge in [0.2, 0.25) is 5.89 Å². The predicted octanol–water partition coefficient (Wildman–Crippen LogP) is 3.13. The second-order valence-corrected chi connectivity index (χ2v) is 7.17. The van der Waals surface area contributed by atoms with Crippen LogP contribution in [-0.4, -0.2) is 60.3 Å². The molecule has 0 amide bonds. The number of aromatic nitrogens is 2. The Bertz CT molecular complexity index is 715. The number of nitrogens with zero attached hydrogens (tertiary/aromatic N) is 5. The number of thiophene rings is 1. The lowest BCUT2D eigenvalue weighted by molar-refractivity contribution is 0.0683. The number of nitrogens with one attached hydrogen (secondary N) is 1. The number of piperazine rings is 1. The Morgan fingerprint density at radius 1 is 1.36 bits per heavy atom. The normalized spacial score (nSPS) is 16.0. The van der Waals surface area contributed by atoms with Gasteiger partial charge in [-0.3, -0.25) is 0 Å². The summed E-state index contributed by atoms with van der Waals surface area (Å²) in [6, 6.07) is 4.28. The van der Waals surface area contributed by atoms with E-state index in [9.17, 15) is 0 Å². The van der Waals surface area contributed by atoms with Crippen molar-refractivity contribution in [3.63, 3.8) is 0 Å². The van der Waals surface area contributed by atoms with Gasteiger partial charge in [-0.2, -0.15) is 4.98 Å². The minimum Gasteiger partial charge on any atom is -0.371 e. The second kappa shape index (κ2) is 11.6. The highest BCUT2D eigenvalue weighted by atomic mass is 127. The molecule has 1 atom stereocenters. The summed E-state index contributed by atoms with van der Waals surface area (Å²) in [7, 11) is 0. The molecule has 0 spiro atoms. The summed E-state index contributed by atoms with van der Waals surface area (Å²) in [6.07, 6.45) is -0.171. The lowest BCUT2D eigenvalue weighted by atomic mass is 10.3. The standard InChI is InChI=1S/C18H28N6O2S.HI/c1-4-19-18(20-13-15-21-17(22-26-15)14(3)25-5-2)24-10-8-23(9-11-24)16-7-6-12-27-16;/h6-7,12,14H,4-5,8-11,13H2,1-3H3,(H,19,20);1H. The van der Waals surface area contributed by atoms with Crippen molar-refractivity contribution in [1.29, 1.82) is 0 Å². The van der Waals surface area contributed by atoms with Crippen LogP contribution >= 0.6 is 35.3 Å². The largest absolute Gasteiger partial charge is 0.371 e. The zero-order chi connectivity index (χ0) is 19.1. The molecular formula is C18H29IN6O2S. The van der Waals surface area contributed by atoms with E-state index in [2.05, 4.69) is 49.7 Å². The van der Waals surface area contributed by atoms with Crippen molar-refractivity contribution in [2.24, 2.45) is 4.99 Å². The molecule has 1 aliphatic rings. The van der Waals surface area contributed by atoms with Gasteiger partial charge in [-0.25, -0.2) is 4.99 Å². The minimum atomic E-state index is -0.171. The average Bonchev–Trinajstić information content (AvgIpc) is 3.37. The van der Waals surface area contributed by atoms with Gasteiger partial charge in [0.15, 0.2) is 11.8 Å². The molecule has 1 saturated heterocycles. The third kappa shape index (κ3) is 6.05. The summed E-state index contributed by atoms with van der Waals surface area (Å²) in [5, 5.41) is 10.8. The first kappa shape index (κ1) is 22.9. The minimum absolute atomic E-state index is 0. The van der Waals surface area contributed by atoms with Crippen molar-refractivity contribution in [3.05, 3.63) is 29.2 Å². The highest BCUT2D eigenvalue weighted by Crippen LogP contribution is 2.22. The van der Waals surface area contributed by atoms with Crippen LogP contribution in [0.2, 0.25) is 0 Å². The number of anilines is 1. The molecule has 10 heteroatoms. The van der Waals surface area contributed by atoms with Crippen molar-refractivity contribution in [2.75, 3.05) is 44.2 Å². The monoisotopic (exact) mass is 520 g/mol. The van der Waals surface area contributed by atoms with Crippen molar-refractivity contribution in [2.45, 2.75) is 33.4 Å². The molecule has 0 radical (unpaired) electrons. The Morgan fingerprint density at radius 3 is 2.79 bits per heavy atom. The van der Waals surface area contributed by atoms with Crippen LogP contribution in [0.1, 0.15) is 38.6 Å². The maximum Gasteiger partial charge on any atom is 0.248 e. The molecule has 2 aromatic heterocycles. The molecule has 1 N–H and O–H groups in total. The molecule has 1 unspecified atom stereocenters. The topological polar surface area (TPSA) is 79.0 Å². The van der Waals surface area contributed by atoms with Crippen LogP contribution in [0.3, 0.4) is 0 Å². The van der Waals surface area contributed by atoms with Gasteiger partial charge in [0.1, 0.15) is 12.6 Å². The number of halogens is 1. The van der Waals surface area contributed by atoms with Gasteiger partial charge in [0.25, 0.3) is 0 Å². The van der Waals surface area contributed by atoms with Gasteiger partial charge < -0.3 is 24.4 Å². The summed E-state index contributed by atoms with van der Waals surface area (Å²) < 4.78 is 10.8. The van der Waals surface area contributed by atoms with Crippen LogP contribution in [0.15, 0.2) is 27.0 Å². The Hall–Kier alpha value is -1.40. The predicted molar refractivity (Wildman–Crippen MR) is 123 cm³/mol. The Kier molecular flexibility index (Phi) is 9.45. The van der Waals surface area contributed by atoms with Crippen LogP contribution in [0, 0.1) is 0 Å². The second-order valence-electron chi connectivity index (χ2n) is 6.24. The van der Waals surface area contributed by atoms with E-state index in [4.69, 9.17) is 14.3 Å². The number of ether oxygens (including phenoxy) is 1. The molecule has 1 aliphatic heterocycles. The summed E-state index contributed by atoms with van der Waals surface area (Å²) in [5.74, 6) is 1.96. The molecule has 0 saturated carbocycles. The summed E-state index contributed by atoms with van der Waals surface area (Å²) in [4.78, 5) is 13.8. The molecular weight excluding hydrogens is 491 g/mol. The first-order valence-electron chi connectivity index (χ1n) is 9.47. The van der Waals surface area contributed by atoms with Crippen LogP contribution in [0.4, 0.5) is 5.00 Å². The number of guanidine groups is 1. The van der Waals surface area contributed by atoms with Crippen molar-refractivity contribution in [1.82, 2.24) is 20.4 Å². The summed E-state index contributed by atoms with van der Waals surface area (Å²) in [6.45, 7) is 11.6. The van der Waals surface area contributed by atoms with E-state index in [1.807, 2.05) is 13.8 Å². The van der Waals surface area contributed by atoms with Crippen molar-refractivity contribution >= 4 is 46.3 Å². The highest BCUT2D eigenvalue weighted by molar-refractivity contribution is 14.0. The molecule has 28 heavy (non-hydrogen) atoms. The Labute approximate surface area is 187 Å². The fourth-order valence-electron chi connectivity index (χ4n) is 2.98.